The molecule has 4 heteroatoms. The number of benzene rings is 1. The Morgan fingerprint density at radius 1 is 1.47 bits per heavy atom. The highest BCUT2D eigenvalue weighted by Gasteiger charge is 2.17. The lowest BCUT2D eigenvalue weighted by Gasteiger charge is -2.03. The molecule has 0 fully saturated rings. The Balaban J connectivity index is 2.29. The second-order valence-corrected chi connectivity index (χ2v) is 4.02. The third-order valence-electron chi connectivity index (χ3n) is 2.11. The number of Topliss-reactive ketones (excluding diaryl/α,β-unsaturated/α-hetero) is 1. The Kier molecular flexibility index (Phi) is 2.86. The Hall–Kier alpha value is -1.16. The van der Waals surface area contributed by atoms with E-state index < -0.39 is 5.82 Å². The molecule has 0 unspecified atom stereocenters. The van der Waals surface area contributed by atoms with Gasteiger partial charge in [0, 0.05) is 12.0 Å². The maximum atomic E-state index is 13.2. The number of hydrogen-bond donors (Lipinski definition) is 0. The van der Waals surface area contributed by atoms with E-state index in [0.29, 0.717) is 22.4 Å². The molecule has 1 heterocycles. The van der Waals surface area contributed by atoms with Crippen LogP contribution in [0.15, 0.2) is 34.5 Å². The number of allylic oxidation sites excluding steroid dienone is 1. The van der Waals surface area contributed by atoms with Crippen molar-refractivity contribution >= 4 is 21.7 Å². The Bertz CT molecular complexity index is 440. The standard InChI is InChI=1S/C11H8BrFO2/c12-8-4-3-7(6-9(8)13)11(14)10-2-1-5-15-10/h2-4,6H,1,5H2. The first-order chi connectivity index (χ1) is 7.18. The minimum atomic E-state index is -0.445. The van der Waals surface area contributed by atoms with Gasteiger partial charge >= 0.3 is 0 Å². The van der Waals surface area contributed by atoms with Crippen molar-refractivity contribution < 1.29 is 13.9 Å². The smallest absolute Gasteiger partial charge is 0.227 e. The minimum absolute atomic E-state index is 0.265. The van der Waals surface area contributed by atoms with Crippen LogP contribution >= 0.6 is 15.9 Å². The average molecular weight is 271 g/mol. The van der Waals surface area contributed by atoms with Crippen molar-refractivity contribution in [2.45, 2.75) is 6.42 Å². The van der Waals surface area contributed by atoms with Gasteiger partial charge in [-0.3, -0.25) is 4.79 Å². The summed E-state index contributed by atoms with van der Waals surface area (Å²) in [4.78, 5) is 11.7. The zero-order valence-electron chi connectivity index (χ0n) is 7.80. The van der Waals surface area contributed by atoms with E-state index in [1.165, 1.54) is 12.1 Å². The molecule has 1 aliphatic heterocycles. The van der Waals surface area contributed by atoms with Crippen molar-refractivity contribution in [2.24, 2.45) is 0 Å². The fourth-order valence-corrected chi connectivity index (χ4v) is 1.60. The number of hydrogen-bond acceptors (Lipinski definition) is 2. The molecule has 1 aromatic carbocycles. The van der Waals surface area contributed by atoms with Crippen molar-refractivity contribution in [2.75, 3.05) is 6.61 Å². The summed E-state index contributed by atoms with van der Waals surface area (Å²) in [7, 11) is 0. The number of ether oxygens (including phenoxy) is 1. The van der Waals surface area contributed by atoms with Gasteiger partial charge in [0.25, 0.3) is 0 Å². The molecule has 1 aromatic rings. The van der Waals surface area contributed by atoms with Crippen molar-refractivity contribution in [1.82, 2.24) is 0 Å². The fourth-order valence-electron chi connectivity index (χ4n) is 1.36. The maximum Gasteiger partial charge on any atom is 0.227 e. The van der Waals surface area contributed by atoms with Crippen LogP contribution in [0.4, 0.5) is 4.39 Å². The van der Waals surface area contributed by atoms with Gasteiger partial charge in [-0.15, -0.1) is 0 Å². The molecular formula is C11H8BrFO2. The highest BCUT2D eigenvalue weighted by molar-refractivity contribution is 9.10. The summed E-state index contributed by atoms with van der Waals surface area (Å²) < 4.78 is 18.6. The lowest BCUT2D eigenvalue weighted by molar-refractivity contribution is 0.0942. The number of ketones is 1. The summed E-state index contributed by atoms with van der Waals surface area (Å²) in [5.74, 6) is -0.393. The third kappa shape index (κ3) is 2.09. The number of halogens is 2. The first-order valence-electron chi connectivity index (χ1n) is 4.51. The van der Waals surface area contributed by atoms with Crippen molar-refractivity contribution in [3.8, 4) is 0 Å². The van der Waals surface area contributed by atoms with Gasteiger partial charge in [0.15, 0.2) is 5.76 Å². The number of carbonyl (C=O) groups excluding carboxylic acids is 1. The highest BCUT2D eigenvalue weighted by Crippen LogP contribution is 2.20. The molecule has 0 atom stereocenters. The van der Waals surface area contributed by atoms with Gasteiger partial charge in [0.2, 0.25) is 5.78 Å². The van der Waals surface area contributed by atoms with Crippen molar-refractivity contribution in [3.63, 3.8) is 0 Å². The van der Waals surface area contributed by atoms with Crippen molar-refractivity contribution in [1.29, 1.82) is 0 Å². The van der Waals surface area contributed by atoms with Crippen LogP contribution in [0.25, 0.3) is 0 Å². The lowest BCUT2D eigenvalue weighted by Crippen LogP contribution is -2.04. The van der Waals surface area contributed by atoms with Gasteiger partial charge < -0.3 is 4.74 Å². The van der Waals surface area contributed by atoms with E-state index in [-0.39, 0.29) is 5.78 Å². The largest absolute Gasteiger partial charge is 0.489 e. The summed E-state index contributed by atoms with van der Waals surface area (Å²) >= 11 is 3.03. The Labute approximate surface area is 94.9 Å². The molecule has 0 aromatic heterocycles. The van der Waals surface area contributed by atoms with E-state index in [1.807, 2.05) is 0 Å². The van der Waals surface area contributed by atoms with Gasteiger partial charge in [-0.1, -0.05) is 0 Å². The molecule has 0 N–H and O–H groups in total. The van der Waals surface area contributed by atoms with E-state index >= 15 is 0 Å². The summed E-state index contributed by atoms with van der Waals surface area (Å²) in [6.45, 7) is 0.528. The number of rotatable bonds is 2. The molecule has 15 heavy (non-hydrogen) atoms. The first kappa shape index (κ1) is 10.4. The summed E-state index contributed by atoms with van der Waals surface area (Å²) in [6, 6.07) is 4.28. The molecule has 2 nitrogen and oxygen atoms in total. The van der Waals surface area contributed by atoms with Crippen LogP contribution in [-0.4, -0.2) is 12.4 Å². The van der Waals surface area contributed by atoms with Gasteiger partial charge in [-0.05, 0) is 40.2 Å². The molecule has 2 rings (SSSR count). The van der Waals surface area contributed by atoms with Crippen LogP contribution in [0, 0.1) is 5.82 Å². The summed E-state index contributed by atoms with van der Waals surface area (Å²) in [5, 5.41) is 0. The molecular weight excluding hydrogens is 263 g/mol. The fraction of sp³-hybridized carbons (Fsp3) is 0.182. The van der Waals surface area contributed by atoms with E-state index in [2.05, 4.69) is 15.9 Å². The van der Waals surface area contributed by atoms with Gasteiger partial charge in [-0.2, -0.15) is 0 Å². The average Bonchev–Trinajstić information content (AvgIpc) is 2.74. The van der Waals surface area contributed by atoms with Crippen LogP contribution in [-0.2, 0) is 4.74 Å². The maximum absolute atomic E-state index is 13.2. The van der Waals surface area contributed by atoms with E-state index in [1.54, 1.807) is 12.1 Å². The molecule has 0 bridgehead atoms. The topological polar surface area (TPSA) is 26.3 Å². The molecule has 0 radical (unpaired) electrons. The lowest BCUT2D eigenvalue weighted by atomic mass is 10.1. The van der Waals surface area contributed by atoms with Crippen LogP contribution in [0.5, 0.6) is 0 Å². The Morgan fingerprint density at radius 3 is 2.87 bits per heavy atom. The predicted octanol–water partition coefficient (Wildman–Crippen LogP) is 3.08. The first-order valence-corrected chi connectivity index (χ1v) is 5.30. The van der Waals surface area contributed by atoms with Gasteiger partial charge in [-0.25, -0.2) is 4.39 Å². The Morgan fingerprint density at radius 2 is 2.27 bits per heavy atom. The molecule has 0 amide bonds. The van der Waals surface area contributed by atoms with Crippen LogP contribution in [0.2, 0.25) is 0 Å². The van der Waals surface area contributed by atoms with E-state index in [9.17, 15) is 9.18 Å². The number of carbonyl (C=O) groups is 1. The van der Waals surface area contributed by atoms with Gasteiger partial charge in [0.05, 0.1) is 11.1 Å². The normalized spacial score (nSPS) is 14.7. The molecule has 0 spiro atoms. The quantitative estimate of drug-likeness (QED) is 0.773. The second-order valence-electron chi connectivity index (χ2n) is 3.16. The monoisotopic (exact) mass is 270 g/mol. The molecule has 0 aliphatic carbocycles. The summed E-state index contributed by atoms with van der Waals surface area (Å²) in [6.07, 6.45) is 2.46. The third-order valence-corrected chi connectivity index (χ3v) is 2.75. The zero-order valence-corrected chi connectivity index (χ0v) is 9.38. The zero-order chi connectivity index (χ0) is 10.8. The van der Waals surface area contributed by atoms with E-state index in [0.717, 1.165) is 6.42 Å². The highest BCUT2D eigenvalue weighted by atomic mass is 79.9. The molecule has 1 aliphatic rings. The summed E-state index contributed by atoms with van der Waals surface area (Å²) in [5.41, 5.74) is 0.309. The van der Waals surface area contributed by atoms with E-state index in [4.69, 9.17) is 4.74 Å². The second kappa shape index (κ2) is 4.14. The molecule has 0 saturated carbocycles. The van der Waals surface area contributed by atoms with Crippen LogP contribution in [0.3, 0.4) is 0 Å². The van der Waals surface area contributed by atoms with Crippen LogP contribution < -0.4 is 0 Å². The molecule has 78 valence electrons. The van der Waals surface area contributed by atoms with Gasteiger partial charge in [0.1, 0.15) is 5.82 Å². The minimum Gasteiger partial charge on any atom is -0.489 e. The predicted molar refractivity (Wildman–Crippen MR) is 57.1 cm³/mol. The van der Waals surface area contributed by atoms with Crippen LogP contribution in [0.1, 0.15) is 16.8 Å². The van der Waals surface area contributed by atoms with Crippen molar-refractivity contribution in [3.05, 3.63) is 45.9 Å². The molecule has 0 saturated heterocycles. The SMILES string of the molecule is O=C(C1=CCCO1)c1ccc(Br)c(F)c1.